The summed E-state index contributed by atoms with van der Waals surface area (Å²) in [5.41, 5.74) is 0.455. The minimum atomic E-state index is -3.83. The zero-order valence-corrected chi connectivity index (χ0v) is 11.8. The molecule has 7 heteroatoms. The highest BCUT2D eigenvalue weighted by molar-refractivity contribution is 8.13. The number of nitrogens with one attached hydrogen (secondary N) is 1. The molecule has 0 aliphatic rings. The molecule has 100 valence electrons. The maximum Gasteiger partial charge on any atom is 0.278 e. The largest absolute Gasteiger partial charge is 0.324 e. The van der Waals surface area contributed by atoms with Crippen LogP contribution in [-0.4, -0.2) is 19.3 Å². The fourth-order valence-corrected chi connectivity index (χ4v) is 2.19. The number of pyridine rings is 1. The number of rotatable bonds is 5. The molecule has 0 spiro atoms. The quantitative estimate of drug-likeness (QED) is 0.845. The van der Waals surface area contributed by atoms with Crippen LogP contribution in [0.4, 0.5) is 5.69 Å². The lowest BCUT2D eigenvalue weighted by atomic mass is 10.0. The van der Waals surface area contributed by atoms with Crippen LogP contribution in [0.2, 0.25) is 0 Å². The Hall–Kier alpha value is -1.14. The van der Waals surface area contributed by atoms with Gasteiger partial charge in [0.1, 0.15) is 0 Å². The summed E-state index contributed by atoms with van der Waals surface area (Å²) in [6.45, 7) is 3.88. The Kier molecular flexibility index (Phi) is 5.10. The average molecular weight is 291 g/mol. The van der Waals surface area contributed by atoms with Crippen molar-refractivity contribution in [2.45, 2.75) is 31.7 Å². The minimum absolute atomic E-state index is 0.0542. The molecule has 1 aromatic heterocycles. The molecule has 1 heterocycles. The van der Waals surface area contributed by atoms with Crippen molar-refractivity contribution in [1.29, 1.82) is 0 Å². The summed E-state index contributed by atoms with van der Waals surface area (Å²) in [4.78, 5) is 15.5. The van der Waals surface area contributed by atoms with E-state index in [0.29, 0.717) is 5.69 Å². The summed E-state index contributed by atoms with van der Waals surface area (Å²) in [5.74, 6) is -0.148. The van der Waals surface area contributed by atoms with Crippen LogP contribution in [0.3, 0.4) is 0 Å². The van der Waals surface area contributed by atoms with Crippen molar-refractivity contribution in [2.24, 2.45) is 5.92 Å². The molecule has 0 saturated heterocycles. The monoisotopic (exact) mass is 290 g/mol. The Morgan fingerprint density at radius 3 is 2.39 bits per heavy atom. The third-order valence-electron chi connectivity index (χ3n) is 2.61. The van der Waals surface area contributed by atoms with E-state index in [9.17, 15) is 13.2 Å². The molecule has 0 aliphatic heterocycles. The summed E-state index contributed by atoms with van der Waals surface area (Å²) in [6.07, 6.45) is 2.78. The maximum absolute atomic E-state index is 11.8. The maximum atomic E-state index is 11.8. The Labute approximate surface area is 111 Å². The molecule has 0 bridgehead atoms. The molecule has 0 saturated carbocycles. The van der Waals surface area contributed by atoms with E-state index in [2.05, 4.69) is 10.3 Å². The van der Waals surface area contributed by atoms with Gasteiger partial charge in [-0.3, -0.25) is 4.79 Å². The smallest absolute Gasteiger partial charge is 0.278 e. The number of hydrogen-bond acceptors (Lipinski definition) is 4. The van der Waals surface area contributed by atoms with E-state index in [4.69, 9.17) is 10.7 Å². The molecule has 18 heavy (non-hydrogen) atoms. The van der Waals surface area contributed by atoms with E-state index in [1.54, 1.807) is 0 Å². The van der Waals surface area contributed by atoms with Crippen LogP contribution in [0.5, 0.6) is 0 Å². The first kappa shape index (κ1) is 14.9. The number of carbonyl (C=O) groups is 1. The first-order chi connectivity index (χ1) is 8.38. The highest BCUT2D eigenvalue weighted by atomic mass is 35.7. The van der Waals surface area contributed by atoms with Gasteiger partial charge in [-0.1, -0.05) is 13.8 Å². The number of anilines is 1. The lowest BCUT2D eigenvalue weighted by Crippen LogP contribution is -2.21. The zero-order valence-electron chi connectivity index (χ0n) is 10.2. The third kappa shape index (κ3) is 3.96. The lowest BCUT2D eigenvalue weighted by molar-refractivity contribution is -0.120. The van der Waals surface area contributed by atoms with E-state index in [1.807, 2.05) is 13.8 Å². The average Bonchev–Trinajstić information content (AvgIpc) is 2.30. The Balaban J connectivity index is 2.79. The number of aromatic nitrogens is 1. The van der Waals surface area contributed by atoms with Crippen molar-refractivity contribution in [3.63, 3.8) is 0 Å². The molecule has 1 rings (SSSR count). The van der Waals surface area contributed by atoms with Gasteiger partial charge in [0.15, 0.2) is 5.03 Å². The lowest BCUT2D eigenvalue weighted by Gasteiger charge is -2.12. The van der Waals surface area contributed by atoms with Gasteiger partial charge in [0.25, 0.3) is 9.05 Å². The molecule has 0 aliphatic carbocycles. The molecular weight excluding hydrogens is 276 g/mol. The first-order valence-electron chi connectivity index (χ1n) is 5.60. The highest BCUT2D eigenvalue weighted by Crippen LogP contribution is 2.16. The zero-order chi connectivity index (χ0) is 13.8. The topological polar surface area (TPSA) is 76.1 Å². The van der Waals surface area contributed by atoms with Crippen LogP contribution in [0.15, 0.2) is 23.4 Å². The fraction of sp³-hybridized carbons (Fsp3) is 0.455. The molecule has 0 aromatic carbocycles. The number of nitrogens with zero attached hydrogens (tertiary/aromatic N) is 1. The second-order valence-corrected chi connectivity index (χ2v) is 6.34. The van der Waals surface area contributed by atoms with E-state index in [-0.39, 0.29) is 16.9 Å². The summed E-state index contributed by atoms with van der Waals surface area (Å²) in [7, 11) is 1.31. The second kappa shape index (κ2) is 6.15. The van der Waals surface area contributed by atoms with E-state index in [0.717, 1.165) is 12.8 Å². The molecule has 1 aromatic rings. The van der Waals surface area contributed by atoms with Gasteiger partial charge in [-0.05, 0) is 25.0 Å². The van der Waals surface area contributed by atoms with Crippen LogP contribution >= 0.6 is 10.7 Å². The van der Waals surface area contributed by atoms with Gasteiger partial charge in [0, 0.05) is 16.6 Å². The SMILES string of the molecule is CCC(CC)C(=O)Nc1ccc(S(=O)(=O)Cl)nc1. The van der Waals surface area contributed by atoms with Crippen molar-refractivity contribution >= 4 is 31.3 Å². The van der Waals surface area contributed by atoms with Gasteiger partial charge >= 0.3 is 0 Å². The number of carbonyl (C=O) groups excluding carboxylic acids is 1. The molecule has 1 N–H and O–H groups in total. The van der Waals surface area contributed by atoms with Crippen molar-refractivity contribution in [1.82, 2.24) is 4.98 Å². The van der Waals surface area contributed by atoms with Crippen LogP contribution in [0.25, 0.3) is 0 Å². The number of hydrogen-bond donors (Lipinski definition) is 1. The Morgan fingerprint density at radius 1 is 1.39 bits per heavy atom. The standard InChI is InChI=1S/C11H15ClN2O3S/c1-3-8(4-2)11(15)14-9-5-6-10(13-7-9)18(12,16)17/h5-8H,3-4H2,1-2H3,(H,14,15). The molecule has 0 radical (unpaired) electrons. The third-order valence-corrected chi connectivity index (χ3v) is 3.83. The predicted molar refractivity (Wildman–Crippen MR) is 70.0 cm³/mol. The molecule has 1 amide bonds. The van der Waals surface area contributed by atoms with Gasteiger partial charge < -0.3 is 5.32 Å². The number of amides is 1. The van der Waals surface area contributed by atoms with Gasteiger partial charge in [0.05, 0.1) is 11.9 Å². The molecular formula is C11H15ClN2O3S. The molecule has 0 fully saturated rings. The van der Waals surface area contributed by atoms with Gasteiger partial charge in [-0.15, -0.1) is 0 Å². The van der Waals surface area contributed by atoms with Crippen molar-refractivity contribution < 1.29 is 13.2 Å². The van der Waals surface area contributed by atoms with Crippen molar-refractivity contribution in [3.8, 4) is 0 Å². The van der Waals surface area contributed by atoms with Crippen molar-refractivity contribution in [2.75, 3.05) is 5.32 Å². The Morgan fingerprint density at radius 2 is 2.00 bits per heavy atom. The van der Waals surface area contributed by atoms with Crippen LogP contribution in [0.1, 0.15) is 26.7 Å². The normalized spacial score (nSPS) is 11.6. The summed E-state index contributed by atoms with van der Waals surface area (Å²) < 4.78 is 22.0. The summed E-state index contributed by atoms with van der Waals surface area (Å²) >= 11 is 0. The van der Waals surface area contributed by atoms with E-state index in [1.165, 1.54) is 18.3 Å². The predicted octanol–water partition coefficient (Wildman–Crippen LogP) is 2.38. The highest BCUT2D eigenvalue weighted by Gasteiger charge is 2.15. The molecule has 0 atom stereocenters. The molecule has 0 unspecified atom stereocenters. The minimum Gasteiger partial charge on any atom is -0.324 e. The van der Waals surface area contributed by atoms with Crippen molar-refractivity contribution in [3.05, 3.63) is 18.3 Å². The van der Waals surface area contributed by atoms with E-state index >= 15 is 0 Å². The number of halogens is 1. The van der Waals surface area contributed by atoms with Gasteiger partial charge in [0.2, 0.25) is 5.91 Å². The van der Waals surface area contributed by atoms with E-state index < -0.39 is 9.05 Å². The summed E-state index contributed by atoms with van der Waals surface area (Å²) in [6, 6.07) is 2.72. The first-order valence-corrected chi connectivity index (χ1v) is 7.91. The van der Waals surface area contributed by atoms with Crippen LogP contribution in [0, 0.1) is 5.92 Å². The van der Waals surface area contributed by atoms with Gasteiger partial charge in [-0.25, -0.2) is 13.4 Å². The van der Waals surface area contributed by atoms with Gasteiger partial charge in [-0.2, -0.15) is 0 Å². The fourth-order valence-electron chi connectivity index (χ4n) is 1.50. The van der Waals surface area contributed by atoms with Crippen LogP contribution < -0.4 is 5.32 Å². The summed E-state index contributed by atoms with van der Waals surface area (Å²) in [5, 5.41) is 2.45. The van der Waals surface area contributed by atoms with Crippen LogP contribution in [-0.2, 0) is 13.8 Å². The Bertz CT molecular complexity index is 510. The molecule has 5 nitrogen and oxygen atoms in total. The second-order valence-electron chi connectivity index (χ2n) is 3.83.